The molecular formula is C21H19BrN4O3. The summed E-state index contributed by atoms with van der Waals surface area (Å²) in [7, 11) is 1.33. The molecule has 1 aliphatic rings. The molecule has 1 atom stereocenters. The molecule has 1 aliphatic heterocycles. The molecule has 0 saturated heterocycles. The predicted molar refractivity (Wildman–Crippen MR) is 112 cm³/mol. The number of esters is 1. The van der Waals surface area contributed by atoms with E-state index < -0.39 is 5.97 Å². The number of hydrogen-bond donors (Lipinski definition) is 2. The summed E-state index contributed by atoms with van der Waals surface area (Å²) in [6, 6.07) is 14.0. The van der Waals surface area contributed by atoms with Crippen molar-refractivity contribution in [3.63, 3.8) is 0 Å². The van der Waals surface area contributed by atoms with Crippen LogP contribution in [0.1, 0.15) is 33.4 Å². The first kappa shape index (κ1) is 19.2. The Hall–Kier alpha value is -3.13. The van der Waals surface area contributed by atoms with Crippen LogP contribution in [0.3, 0.4) is 0 Å². The van der Waals surface area contributed by atoms with Gasteiger partial charge >= 0.3 is 12.0 Å². The van der Waals surface area contributed by atoms with Gasteiger partial charge in [0, 0.05) is 28.8 Å². The number of ether oxygens (including phenoxy) is 1. The fraction of sp³-hybridized carbons (Fsp3) is 0.190. The number of rotatable bonds is 3. The molecule has 0 spiro atoms. The zero-order valence-electron chi connectivity index (χ0n) is 15.7. The molecule has 0 bridgehead atoms. The number of imidazole rings is 1. The second-order valence-corrected chi connectivity index (χ2v) is 7.58. The van der Waals surface area contributed by atoms with E-state index in [0.717, 1.165) is 21.4 Å². The lowest BCUT2D eigenvalue weighted by Crippen LogP contribution is -2.43. The molecule has 8 heteroatoms. The summed E-state index contributed by atoms with van der Waals surface area (Å²) < 4.78 is 5.67. The third kappa shape index (κ3) is 3.88. The van der Waals surface area contributed by atoms with Gasteiger partial charge < -0.3 is 19.9 Å². The predicted octanol–water partition coefficient (Wildman–Crippen LogP) is 4.14. The number of carbonyl (C=O) groups is 2. The number of fused-ring (bicyclic) bond motifs is 1. The molecule has 0 saturated carbocycles. The van der Waals surface area contributed by atoms with Gasteiger partial charge in [-0.25, -0.2) is 14.6 Å². The number of methoxy groups -OCH3 is 1. The Kier molecular flexibility index (Phi) is 5.35. The number of nitrogens with zero attached hydrogens (tertiary/aromatic N) is 2. The van der Waals surface area contributed by atoms with E-state index >= 15 is 0 Å². The van der Waals surface area contributed by atoms with Crippen LogP contribution < -0.4 is 5.32 Å². The summed E-state index contributed by atoms with van der Waals surface area (Å²) in [6.45, 7) is 0.558. The van der Waals surface area contributed by atoms with Crippen LogP contribution in [0.2, 0.25) is 0 Å². The van der Waals surface area contributed by atoms with Gasteiger partial charge in [-0.1, -0.05) is 28.1 Å². The molecule has 2 amide bonds. The molecule has 2 aromatic carbocycles. The summed E-state index contributed by atoms with van der Waals surface area (Å²) in [6.07, 6.45) is 2.38. The number of anilines is 1. The summed E-state index contributed by atoms with van der Waals surface area (Å²) in [5.41, 5.74) is 3.92. The van der Waals surface area contributed by atoms with Crippen LogP contribution in [0.25, 0.3) is 0 Å². The number of urea groups is 1. The molecule has 3 aromatic rings. The maximum absolute atomic E-state index is 13.1. The molecule has 7 nitrogen and oxygen atoms in total. The van der Waals surface area contributed by atoms with Gasteiger partial charge in [-0.05, 0) is 42.0 Å². The van der Waals surface area contributed by atoms with Crippen molar-refractivity contribution in [1.82, 2.24) is 14.9 Å². The van der Waals surface area contributed by atoms with Gasteiger partial charge in [0.15, 0.2) is 0 Å². The Morgan fingerprint density at radius 2 is 1.90 bits per heavy atom. The number of carbonyl (C=O) groups excluding carboxylic acids is 2. The minimum absolute atomic E-state index is 0.225. The number of hydrogen-bond acceptors (Lipinski definition) is 4. The van der Waals surface area contributed by atoms with Crippen molar-refractivity contribution in [2.24, 2.45) is 0 Å². The van der Waals surface area contributed by atoms with Crippen molar-refractivity contribution in [2.45, 2.75) is 12.5 Å². The highest BCUT2D eigenvalue weighted by Crippen LogP contribution is 2.34. The van der Waals surface area contributed by atoms with Crippen molar-refractivity contribution < 1.29 is 14.3 Å². The first-order valence-electron chi connectivity index (χ1n) is 9.10. The second-order valence-electron chi connectivity index (χ2n) is 6.66. The SMILES string of the molecule is COC(=O)c1ccc(NC(=O)N2CCc3[nH]cnc3C2c2ccc(Br)cc2)cc1. The topological polar surface area (TPSA) is 87.3 Å². The van der Waals surface area contributed by atoms with Crippen LogP contribution >= 0.6 is 15.9 Å². The minimum atomic E-state index is -0.416. The second kappa shape index (κ2) is 8.08. The Balaban J connectivity index is 1.59. The van der Waals surface area contributed by atoms with E-state index in [9.17, 15) is 9.59 Å². The number of aromatic nitrogens is 2. The normalized spacial score (nSPS) is 15.5. The Labute approximate surface area is 176 Å². The molecule has 1 unspecified atom stereocenters. The molecule has 1 aromatic heterocycles. The lowest BCUT2D eigenvalue weighted by molar-refractivity contribution is 0.0600. The van der Waals surface area contributed by atoms with E-state index in [4.69, 9.17) is 4.74 Å². The smallest absolute Gasteiger partial charge is 0.337 e. The van der Waals surface area contributed by atoms with Crippen molar-refractivity contribution in [1.29, 1.82) is 0 Å². The minimum Gasteiger partial charge on any atom is -0.465 e. The Morgan fingerprint density at radius 1 is 1.17 bits per heavy atom. The maximum Gasteiger partial charge on any atom is 0.337 e. The number of benzene rings is 2. The average molecular weight is 455 g/mol. The van der Waals surface area contributed by atoms with Crippen LogP contribution in [0.5, 0.6) is 0 Å². The number of H-pyrrole nitrogens is 1. The summed E-state index contributed by atoms with van der Waals surface area (Å²) in [4.78, 5) is 34.1. The number of aromatic amines is 1. The lowest BCUT2D eigenvalue weighted by atomic mass is 9.96. The molecular weight excluding hydrogens is 436 g/mol. The molecule has 0 aliphatic carbocycles. The van der Waals surface area contributed by atoms with Gasteiger partial charge in [0.25, 0.3) is 0 Å². The van der Waals surface area contributed by atoms with E-state index in [2.05, 4.69) is 31.2 Å². The molecule has 0 fully saturated rings. The van der Waals surface area contributed by atoms with Crippen molar-refractivity contribution in [3.8, 4) is 0 Å². The van der Waals surface area contributed by atoms with Crippen molar-refractivity contribution in [3.05, 3.63) is 81.8 Å². The van der Waals surface area contributed by atoms with E-state index in [-0.39, 0.29) is 12.1 Å². The van der Waals surface area contributed by atoms with Crippen LogP contribution in [0.15, 0.2) is 59.3 Å². The number of amides is 2. The van der Waals surface area contributed by atoms with Crippen molar-refractivity contribution >= 4 is 33.6 Å². The molecule has 29 heavy (non-hydrogen) atoms. The number of halogens is 1. The summed E-state index contributed by atoms with van der Waals surface area (Å²) >= 11 is 3.46. The van der Waals surface area contributed by atoms with E-state index in [1.165, 1.54) is 7.11 Å². The monoisotopic (exact) mass is 454 g/mol. The molecule has 148 valence electrons. The average Bonchev–Trinajstić information content (AvgIpc) is 3.22. The van der Waals surface area contributed by atoms with E-state index in [1.54, 1.807) is 35.5 Å². The highest BCUT2D eigenvalue weighted by Gasteiger charge is 2.34. The van der Waals surface area contributed by atoms with E-state index in [0.29, 0.717) is 24.2 Å². The first-order chi connectivity index (χ1) is 14.1. The largest absolute Gasteiger partial charge is 0.465 e. The highest BCUT2D eigenvalue weighted by molar-refractivity contribution is 9.10. The summed E-state index contributed by atoms with van der Waals surface area (Å²) in [5, 5.41) is 2.92. The van der Waals surface area contributed by atoms with E-state index in [1.807, 2.05) is 24.3 Å². The van der Waals surface area contributed by atoms with Gasteiger partial charge in [-0.2, -0.15) is 0 Å². The van der Waals surface area contributed by atoms with Crippen LogP contribution in [-0.4, -0.2) is 40.5 Å². The standard InChI is InChI=1S/C21H19BrN4O3/c1-29-20(27)14-4-8-16(9-5-14)25-21(28)26-11-10-17-18(24-12-23-17)19(26)13-2-6-15(22)7-3-13/h2-9,12,19H,10-11H2,1H3,(H,23,24)(H,25,28). The number of nitrogens with one attached hydrogen (secondary N) is 2. The molecule has 0 radical (unpaired) electrons. The van der Waals surface area contributed by atoms with Crippen LogP contribution in [0.4, 0.5) is 10.5 Å². The zero-order chi connectivity index (χ0) is 20.4. The Bertz CT molecular complexity index is 1030. The fourth-order valence-corrected chi connectivity index (χ4v) is 3.75. The molecule has 2 heterocycles. The zero-order valence-corrected chi connectivity index (χ0v) is 17.3. The van der Waals surface area contributed by atoms with Gasteiger partial charge in [0.2, 0.25) is 0 Å². The summed E-state index contributed by atoms with van der Waals surface area (Å²) in [5.74, 6) is -0.416. The van der Waals surface area contributed by atoms with Crippen molar-refractivity contribution in [2.75, 3.05) is 19.0 Å². The quantitative estimate of drug-likeness (QED) is 0.582. The third-order valence-corrected chi connectivity index (χ3v) is 5.46. The maximum atomic E-state index is 13.1. The third-order valence-electron chi connectivity index (χ3n) is 4.93. The lowest BCUT2D eigenvalue weighted by Gasteiger charge is -2.35. The van der Waals surface area contributed by atoms with Gasteiger partial charge in [0.05, 0.1) is 24.7 Å². The van der Waals surface area contributed by atoms with Gasteiger partial charge in [0.1, 0.15) is 6.04 Å². The van der Waals surface area contributed by atoms with Gasteiger partial charge in [-0.3, -0.25) is 0 Å². The molecule has 2 N–H and O–H groups in total. The van der Waals surface area contributed by atoms with Crippen LogP contribution in [-0.2, 0) is 11.2 Å². The Morgan fingerprint density at radius 3 is 2.59 bits per heavy atom. The first-order valence-corrected chi connectivity index (χ1v) is 9.89. The van der Waals surface area contributed by atoms with Gasteiger partial charge in [-0.15, -0.1) is 0 Å². The highest BCUT2D eigenvalue weighted by atomic mass is 79.9. The fourth-order valence-electron chi connectivity index (χ4n) is 3.48. The molecule has 4 rings (SSSR count). The van der Waals surface area contributed by atoms with Crippen LogP contribution in [0, 0.1) is 0 Å².